The molecule has 10 heteroatoms. The molecule has 3 heterocycles. The number of ether oxygens (including phenoxy) is 1. The van der Waals surface area contributed by atoms with Crippen molar-refractivity contribution in [3.63, 3.8) is 0 Å². The Hall–Kier alpha value is -3.56. The van der Waals surface area contributed by atoms with Crippen molar-refractivity contribution in [1.29, 1.82) is 0 Å². The summed E-state index contributed by atoms with van der Waals surface area (Å²) in [5.41, 5.74) is 5.04. The number of nitrogens with zero attached hydrogens (tertiary/aromatic N) is 4. The first-order chi connectivity index (χ1) is 20.0. The molecule has 0 unspecified atom stereocenters. The van der Waals surface area contributed by atoms with E-state index in [1.165, 1.54) is 0 Å². The van der Waals surface area contributed by atoms with Gasteiger partial charge in [0.05, 0.1) is 24.1 Å². The van der Waals surface area contributed by atoms with Crippen LogP contribution in [0.5, 0.6) is 0 Å². The van der Waals surface area contributed by atoms with E-state index in [9.17, 15) is 9.59 Å². The molecule has 0 radical (unpaired) electrons. The minimum Gasteiger partial charge on any atom is -0.446 e. The Morgan fingerprint density at radius 3 is 2.62 bits per heavy atom. The van der Waals surface area contributed by atoms with Gasteiger partial charge < -0.3 is 25.2 Å². The number of fused-ring (bicyclic) bond motifs is 2. The van der Waals surface area contributed by atoms with Gasteiger partial charge in [-0.1, -0.05) is 44.5 Å². The molecular formula is C32H41ClN6O3. The molecule has 0 spiro atoms. The fourth-order valence-corrected chi connectivity index (χ4v) is 5.67. The highest BCUT2D eigenvalue weighted by Gasteiger charge is 2.28. The van der Waals surface area contributed by atoms with Crippen LogP contribution in [0.15, 0.2) is 42.6 Å². The summed E-state index contributed by atoms with van der Waals surface area (Å²) in [6.45, 7) is 12.4. The minimum atomic E-state index is -0.402. The molecule has 5 rings (SSSR count). The maximum absolute atomic E-state index is 13.9. The van der Waals surface area contributed by atoms with E-state index in [2.05, 4.69) is 41.4 Å². The van der Waals surface area contributed by atoms with Gasteiger partial charge in [0.25, 0.3) is 5.91 Å². The predicted molar refractivity (Wildman–Crippen MR) is 166 cm³/mol. The molecule has 9 nitrogen and oxygen atoms in total. The second-order valence-corrected chi connectivity index (χ2v) is 13.0. The van der Waals surface area contributed by atoms with Gasteiger partial charge in [0.1, 0.15) is 11.9 Å². The van der Waals surface area contributed by atoms with Gasteiger partial charge in [-0.2, -0.15) is 5.10 Å². The number of aryl methyl sites for hydroxylation is 2. The maximum atomic E-state index is 13.9. The molecule has 0 atom stereocenters. The van der Waals surface area contributed by atoms with Crippen molar-refractivity contribution in [3.8, 4) is 0 Å². The van der Waals surface area contributed by atoms with Gasteiger partial charge in [-0.05, 0) is 73.5 Å². The van der Waals surface area contributed by atoms with Crippen LogP contribution < -0.4 is 15.5 Å². The third kappa shape index (κ3) is 7.07. The fourth-order valence-electron chi connectivity index (χ4n) is 5.50. The number of rotatable bonds is 6. The van der Waals surface area contributed by atoms with E-state index in [0.717, 1.165) is 72.8 Å². The van der Waals surface area contributed by atoms with E-state index in [1.807, 2.05) is 44.3 Å². The SMILES string of the molecule is Cc1cc(CNC(=O)OC2CCN(CCC(C)(C)C)CC2)ccc1C(=O)N1Cc2cnn(C)c2Nc2cc(Cl)ccc21. The Morgan fingerprint density at radius 1 is 1.14 bits per heavy atom. The molecule has 2 aromatic carbocycles. The molecule has 1 saturated heterocycles. The molecule has 0 bridgehead atoms. The number of halogens is 1. The summed E-state index contributed by atoms with van der Waals surface area (Å²) in [6, 6.07) is 11.1. The Kier molecular flexibility index (Phi) is 8.80. The molecule has 2 aliphatic rings. The van der Waals surface area contributed by atoms with Crippen molar-refractivity contribution in [1.82, 2.24) is 20.0 Å². The fraction of sp³-hybridized carbons (Fsp3) is 0.469. The molecule has 0 aliphatic carbocycles. The number of likely N-dealkylation sites (tertiary alicyclic amines) is 1. The number of amides is 2. The van der Waals surface area contributed by atoms with E-state index in [1.54, 1.807) is 21.8 Å². The smallest absolute Gasteiger partial charge is 0.407 e. The number of nitrogens with one attached hydrogen (secondary N) is 2. The number of piperidine rings is 1. The minimum absolute atomic E-state index is 0.0566. The van der Waals surface area contributed by atoms with Gasteiger partial charge in [-0.25, -0.2) is 4.79 Å². The molecule has 1 fully saturated rings. The number of carbonyl (C=O) groups excluding carboxylic acids is 2. The van der Waals surface area contributed by atoms with Gasteiger partial charge in [-0.3, -0.25) is 9.48 Å². The lowest BCUT2D eigenvalue weighted by molar-refractivity contribution is 0.0479. The maximum Gasteiger partial charge on any atom is 0.407 e. The van der Waals surface area contributed by atoms with E-state index >= 15 is 0 Å². The average molecular weight is 593 g/mol. The standard InChI is InChI=1S/C32H41ClN6O3/c1-21-16-22(18-34-31(41)42-25-10-13-38(14-11-25)15-12-32(2,3)4)6-8-26(21)30(40)39-20-23-19-35-37(5)29(23)36-27-17-24(33)7-9-28(27)39/h6-9,16-17,19,25,36H,10-15,18,20H2,1-5H3,(H,34,41). The molecule has 224 valence electrons. The van der Waals surface area contributed by atoms with Crippen LogP contribution in [0.2, 0.25) is 5.02 Å². The third-order valence-corrected chi connectivity index (χ3v) is 8.27. The molecule has 3 aromatic rings. The first-order valence-electron chi connectivity index (χ1n) is 14.6. The molecular weight excluding hydrogens is 552 g/mol. The van der Waals surface area contributed by atoms with Gasteiger partial charge in [0.2, 0.25) is 0 Å². The molecule has 1 aromatic heterocycles. The molecule has 2 aliphatic heterocycles. The van der Waals surface area contributed by atoms with Gasteiger partial charge >= 0.3 is 6.09 Å². The highest BCUT2D eigenvalue weighted by atomic mass is 35.5. The first kappa shape index (κ1) is 29.9. The van der Waals surface area contributed by atoms with Crippen LogP contribution in [0, 0.1) is 12.3 Å². The molecule has 2 amide bonds. The summed E-state index contributed by atoms with van der Waals surface area (Å²) in [5.74, 6) is 0.701. The van der Waals surface area contributed by atoms with Crippen molar-refractivity contribution < 1.29 is 14.3 Å². The van der Waals surface area contributed by atoms with Crippen molar-refractivity contribution in [2.75, 3.05) is 29.9 Å². The topological polar surface area (TPSA) is 91.7 Å². The van der Waals surface area contributed by atoms with Crippen molar-refractivity contribution >= 4 is 40.8 Å². The molecule has 0 saturated carbocycles. The number of benzene rings is 2. The Morgan fingerprint density at radius 2 is 1.90 bits per heavy atom. The van der Waals surface area contributed by atoms with Gasteiger partial charge in [-0.15, -0.1) is 0 Å². The normalized spacial score (nSPS) is 15.8. The summed E-state index contributed by atoms with van der Waals surface area (Å²) < 4.78 is 7.46. The van der Waals surface area contributed by atoms with Crippen molar-refractivity contribution in [2.45, 2.75) is 66.2 Å². The van der Waals surface area contributed by atoms with E-state index in [4.69, 9.17) is 16.3 Å². The quantitative estimate of drug-likeness (QED) is 0.343. The highest BCUT2D eigenvalue weighted by Crippen LogP contribution is 2.38. The van der Waals surface area contributed by atoms with Crippen LogP contribution in [0.3, 0.4) is 0 Å². The lowest BCUT2D eigenvalue weighted by Gasteiger charge is -2.33. The van der Waals surface area contributed by atoms with E-state index in [0.29, 0.717) is 29.1 Å². The average Bonchev–Trinajstić information content (AvgIpc) is 3.19. The van der Waals surface area contributed by atoms with Crippen LogP contribution >= 0.6 is 11.6 Å². The predicted octanol–water partition coefficient (Wildman–Crippen LogP) is 6.41. The molecule has 2 N–H and O–H groups in total. The van der Waals surface area contributed by atoms with Gasteiger partial charge in [0, 0.05) is 42.8 Å². The van der Waals surface area contributed by atoms with Crippen molar-refractivity contribution in [3.05, 3.63) is 69.9 Å². The zero-order chi connectivity index (χ0) is 30.0. The third-order valence-electron chi connectivity index (χ3n) is 8.04. The lowest BCUT2D eigenvalue weighted by atomic mass is 9.91. The summed E-state index contributed by atoms with van der Waals surface area (Å²) in [4.78, 5) is 30.6. The largest absolute Gasteiger partial charge is 0.446 e. The zero-order valence-electron chi connectivity index (χ0n) is 25.2. The van der Waals surface area contributed by atoms with Crippen LogP contribution in [0.1, 0.15) is 67.1 Å². The Labute approximate surface area is 253 Å². The number of carbonyl (C=O) groups is 2. The summed E-state index contributed by atoms with van der Waals surface area (Å²) >= 11 is 6.29. The Balaban J connectivity index is 1.19. The van der Waals surface area contributed by atoms with Crippen LogP contribution in [0.4, 0.5) is 22.0 Å². The van der Waals surface area contributed by atoms with Crippen LogP contribution in [-0.2, 0) is 24.9 Å². The number of hydrogen-bond acceptors (Lipinski definition) is 6. The van der Waals surface area contributed by atoms with Crippen LogP contribution in [0.25, 0.3) is 0 Å². The van der Waals surface area contributed by atoms with E-state index in [-0.39, 0.29) is 12.0 Å². The van der Waals surface area contributed by atoms with Crippen LogP contribution in [-0.4, -0.2) is 52.4 Å². The number of aromatic nitrogens is 2. The number of alkyl carbamates (subject to hydrolysis) is 1. The number of anilines is 3. The van der Waals surface area contributed by atoms with E-state index < -0.39 is 6.09 Å². The monoisotopic (exact) mass is 592 g/mol. The molecule has 42 heavy (non-hydrogen) atoms. The number of hydrogen-bond donors (Lipinski definition) is 2. The summed E-state index contributed by atoms with van der Waals surface area (Å²) in [5, 5.41) is 11.2. The highest BCUT2D eigenvalue weighted by molar-refractivity contribution is 6.31. The van der Waals surface area contributed by atoms with Gasteiger partial charge in [0.15, 0.2) is 0 Å². The van der Waals surface area contributed by atoms with Crippen molar-refractivity contribution in [2.24, 2.45) is 12.5 Å². The lowest BCUT2D eigenvalue weighted by Crippen LogP contribution is -2.40. The Bertz CT molecular complexity index is 1450. The first-order valence-corrected chi connectivity index (χ1v) is 15.0. The summed E-state index contributed by atoms with van der Waals surface area (Å²) in [7, 11) is 1.86. The summed E-state index contributed by atoms with van der Waals surface area (Å²) in [6.07, 6.45) is 4.18. The second-order valence-electron chi connectivity index (χ2n) is 12.6. The second kappa shape index (κ2) is 12.4. The zero-order valence-corrected chi connectivity index (χ0v) is 25.9.